The van der Waals surface area contributed by atoms with Gasteiger partial charge in [-0.1, -0.05) is 19.1 Å². The van der Waals surface area contributed by atoms with Gasteiger partial charge >= 0.3 is 0 Å². The van der Waals surface area contributed by atoms with Gasteiger partial charge in [0.15, 0.2) is 11.5 Å². The van der Waals surface area contributed by atoms with Gasteiger partial charge in [-0.15, -0.1) is 0 Å². The summed E-state index contributed by atoms with van der Waals surface area (Å²) in [4.78, 5) is 27.0. The van der Waals surface area contributed by atoms with Gasteiger partial charge in [-0.25, -0.2) is 0 Å². The van der Waals surface area contributed by atoms with E-state index in [1.807, 2.05) is 19.1 Å². The van der Waals surface area contributed by atoms with Crippen LogP contribution in [0.5, 0.6) is 17.2 Å². The highest BCUT2D eigenvalue weighted by Crippen LogP contribution is 2.36. The van der Waals surface area contributed by atoms with Crippen molar-refractivity contribution >= 4 is 23.1 Å². The predicted octanol–water partition coefficient (Wildman–Crippen LogP) is 3.42. The number of carbonyl (C=O) groups is 2. The smallest absolute Gasteiger partial charge is 0.278 e. The van der Waals surface area contributed by atoms with Crippen molar-refractivity contribution in [1.29, 1.82) is 0 Å². The van der Waals surface area contributed by atoms with Crippen molar-refractivity contribution in [2.24, 2.45) is 0 Å². The second-order valence-corrected chi connectivity index (χ2v) is 6.67. The average molecular weight is 394 g/mol. The number of rotatable bonds is 7. The normalized spacial score (nSPS) is 15.3. The van der Waals surface area contributed by atoms with E-state index in [0.717, 1.165) is 12.2 Å². The molecule has 0 radical (unpaired) electrons. The second kappa shape index (κ2) is 7.87. The number of carbonyl (C=O) groups excluding carboxylic acids is 2. The Morgan fingerprint density at radius 1 is 1.00 bits per heavy atom. The van der Waals surface area contributed by atoms with Gasteiger partial charge < -0.3 is 19.5 Å². The third-order valence-electron chi connectivity index (χ3n) is 4.74. The number of fused-ring (bicyclic) bond motifs is 1. The first kappa shape index (κ1) is 18.9. The van der Waals surface area contributed by atoms with E-state index in [0.29, 0.717) is 41.5 Å². The molecule has 7 heteroatoms. The number of imide groups is 1. The average Bonchev–Trinajstić information content (AvgIpc) is 3.29. The molecule has 2 amide bonds. The van der Waals surface area contributed by atoms with Gasteiger partial charge in [0.1, 0.15) is 11.4 Å². The van der Waals surface area contributed by atoms with E-state index in [-0.39, 0.29) is 24.3 Å². The Labute approximate surface area is 168 Å². The number of nitrogens with zero attached hydrogens (tertiary/aromatic N) is 1. The van der Waals surface area contributed by atoms with Crippen molar-refractivity contribution in [1.82, 2.24) is 4.90 Å². The lowest BCUT2D eigenvalue weighted by atomic mass is 10.0. The number of anilines is 1. The van der Waals surface area contributed by atoms with E-state index in [1.54, 1.807) is 37.3 Å². The Kier molecular flexibility index (Phi) is 5.12. The lowest BCUT2D eigenvalue weighted by molar-refractivity contribution is -0.136. The van der Waals surface area contributed by atoms with Crippen LogP contribution in [0.1, 0.15) is 25.8 Å². The summed E-state index contributed by atoms with van der Waals surface area (Å²) in [7, 11) is 0. The molecule has 0 aliphatic carbocycles. The Hall–Kier alpha value is -3.48. The van der Waals surface area contributed by atoms with Gasteiger partial charge in [0.05, 0.1) is 12.2 Å². The standard InChI is InChI=1S/C22H22N2O5/c1-3-11-27-16-8-5-14(6-9-16)19-20(22(26)24(4-2)21(19)25)23-15-7-10-17-18(12-15)29-13-28-17/h5-10,12,23H,3-4,11,13H2,1-2H3. The van der Waals surface area contributed by atoms with Crippen molar-refractivity contribution < 1.29 is 23.8 Å². The van der Waals surface area contributed by atoms with Crippen LogP contribution in [0.4, 0.5) is 5.69 Å². The molecule has 0 saturated carbocycles. The minimum atomic E-state index is -0.350. The summed E-state index contributed by atoms with van der Waals surface area (Å²) in [6.45, 7) is 4.90. The van der Waals surface area contributed by atoms with Crippen LogP contribution in [-0.2, 0) is 9.59 Å². The number of hydrogen-bond acceptors (Lipinski definition) is 6. The monoisotopic (exact) mass is 394 g/mol. The minimum Gasteiger partial charge on any atom is -0.494 e. The van der Waals surface area contributed by atoms with Crippen LogP contribution in [0, 0.1) is 0 Å². The number of likely N-dealkylation sites (N-methyl/N-ethyl adjacent to an activating group) is 1. The highest BCUT2D eigenvalue weighted by molar-refractivity contribution is 6.36. The van der Waals surface area contributed by atoms with Crippen molar-refractivity contribution in [2.45, 2.75) is 20.3 Å². The van der Waals surface area contributed by atoms with Gasteiger partial charge in [0, 0.05) is 18.3 Å². The Bertz CT molecular complexity index is 981. The van der Waals surface area contributed by atoms with Gasteiger partial charge in [0.25, 0.3) is 11.8 Å². The van der Waals surface area contributed by atoms with E-state index < -0.39 is 0 Å². The maximum atomic E-state index is 12.9. The molecule has 2 aromatic rings. The van der Waals surface area contributed by atoms with Crippen LogP contribution in [0.25, 0.3) is 5.57 Å². The molecule has 0 unspecified atom stereocenters. The second-order valence-electron chi connectivity index (χ2n) is 6.67. The van der Waals surface area contributed by atoms with Crippen LogP contribution < -0.4 is 19.5 Å². The molecule has 2 aliphatic rings. The Morgan fingerprint density at radius 3 is 2.48 bits per heavy atom. The molecule has 150 valence electrons. The number of ether oxygens (including phenoxy) is 3. The quantitative estimate of drug-likeness (QED) is 0.725. The van der Waals surface area contributed by atoms with Crippen LogP contribution in [-0.4, -0.2) is 36.7 Å². The first-order valence-electron chi connectivity index (χ1n) is 9.62. The lowest BCUT2D eigenvalue weighted by Crippen LogP contribution is -2.32. The molecule has 7 nitrogen and oxygen atoms in total. The SMILES string of the molecule is CCCOc1ccc(C2=C(Nc3ccc4c(c3)OCO4)C(=O)N(CC)C2=O)cc1. The lowest BCUT2D eigenvalue weighted by Gasteiger charge is -2.12. The summed E-state index contributed by atoms with van der Waals surface area (Å²) < 4.78 is 16.3. The van der Waals surface area contributed by atoms with E-state index >= 15 is 0 Å². The fourth-order valence-corrected chi connectivity index (χ4v) is 3.30. The van der Waals surface area contributed by atoms with E-state index in [1.165, 1.54) is 4.90 Å². The van der Waals surface area contributed by atoms with E-state index in [2.05, 4.69) is 5.32 Å². The molecular formula is C22H22N2O5. The van der Waals surface area contributed by atoms with Crippen LogP contribution >= 0.6 is 0 Å². The van der Waals surface area contributed by atoms with E-state index in [9.17, 15) is 9.59 Å². The molecule has 2 aromatic carbocycles. The first-order valence-corrected chi connectivity index (χ1v) is 9.62. The molecule has 0 aromatic heterocycles. The zero-order valence-corrected chi connectivity index (χ0v) is 16.4. The molecule has 0 spiro atoms. The molecule has 0 saturated heterocycles. The van der Waals surface area contributed by atoms with Gasteiger partial charge in [0.2, 0.25) is 6.79 Å². The fourth-order valence-electron chi connectivity index (χ4n) is 3.30. The maximum absolute atomic E-state index is 12.9. The number of hydrogen-bond donors (Lipinski definition) is 1. The zero-order valence-electron chi connectivity index (χ0n) is 16.4. The van der Waals surface area contributed by atoms with Gasteiger partial charge in [-0.2, -0.15) is 0 Å². The number of benzene rings is 2. The minimum absolute atomic E-state index is 0.167. The molecule has 4 rings (SSSR count). The summed E-state index contributed by atoms with van der Waals surface area (Å²) in [5.74, 6) is 1.31. The molecule has 0 fully saturated rings. The van der Waals surface area contributed by atoms with Crippen molar-refractivity contribution in [3.63, 3.8) is 0 Å². The molecule has 29 heavy (non-hydrogen) atoms. The van der Waals surface area contributed by atoms with Crippen LogP contribution in [0.2, 0.25) is 0 Å². The van der Waals surface area contributed by atoms with E-state index in [4.69, 9.17) is 14.2 Å². The zero-order chi connectivity index (χ0) is 20.4. The third kappa shape index (κ3) is 3.51. The van der Waals surface area contributed by atoms with Crippen molar-refractivity contribution in [2.75, 3.05) is 25.3 Å². The Balaban J connectivity index is 1.69. The summed E-state index contributed by atoms with van der Waals surface area (Å²) in [6.07, 6.45) is 0.912. The largest absolute Gasteiger partial charge is 0.494 e. The van der Waals surface area contributed by atoms with Crippen LogP contribution in [0.15, 0.2) is 48.2 Å². The number of nitrogens with one attached hydrogen (secondary N) is 1. The Morgan fingerprint density at radius 2 is 1.76 bits per heavy atom. The first-order chi connectivity index (χ1) is 14.1. The molecule has 0 bridgehead atoms. The van der Waals surface area contributed by atoms with Gasteiger partial charge in [-0.05, 0) is 43.2 Å². The highest BCUT2D eigenvalue weighted by atomic mass is 16.7. The van der Waals surface area contributed by atoms with Crippen molar-refractivity contribution in [3.8, 4) is 17.2 Å². The fraction of sp³-hybridized carbons (Fsp3) is 0.273. The summed E-state index contributed by atoms with van der Waals surface area (Å²) in [5.41, 5.74) is 1.89. The maximum Gasteiger partial charge on any atom is 0.278 e. The van der Waals surface area contributed by atoms with Crippen molar-refractivity contribution in [3.05, 3.63) is 53.7 Å². The molecular weight excluding hydrogens is 372 g/mol. The van der Waals surface area contributed by atoms with Crippen LogP contribution in [0.3, 0.4) is 0 Å². The summed E-state index contributed by atoms with van der Waals surface area (Å²) >= 11 is 0. The topological polar surface area (TPSA) is 77.1 Å². The summed E-state index contributed by atoms with van der Waals surface area (Å²) in [5, 5.41) is 3.11. The molecule has 2 heterocycles. The molecule has 2 aliphatic heterocycles. The molecule has 0 atom stereocenters. The number of amides is 2. The van der Waals surface area contributed by atoms with Gasteiger partial charge in [-0.3, -0.25) is 14.5 Å². The summed E-state index contributed by atoms with van der Waals surface area (Å²) in [6, 6.07) is 12.5. The third-order valence-corrected chi connectivity index (χ3v) is 4.74. The highest BCUT2D eigenvalue weighted by Gasteiger charge is 2.38. The molecule has 1 N–H and O–H groups in total. The predicted molar refractivity (Wildman–Crippen MR) is 108 cm³/mol.